The fraction of sp³-hybridized carbons (Fsp3) is 0.300. The molecule has 3 N–H and O–H groups in total. The topological polar surface area (TPSA) is 53.1 Å². The van der Waals surface area contributed by atoms with Gasteiger partial charge in [-0.25, -0.2) is 0 Å². The molecule has 1 aromatic rings. The van der Waals surface area contributed by atoms with Gasteiger partial charge in [0.25, 0.3) is 0 Å². The molecule has 4 heteroatoms. The normalized spacial score (nSPS) is 14.1. The highest BCUT2D eigenvalue weighted by Crippen LogP contribution is 2.17. The summed E-state index contributed by atoms with van der Waals surface area (Å²) in [6.45, 7) is 1.65. The maximum Gasteiger partial charge on any atom is 0.188 e. The average molecular weight is 303 g/mol. The SMILES string of the molecule is I.N=C(N)N1CCc2ccccc2C1. The number of fused-ring (bicyclic) bond motifs is 1. The highest BCUT2D eigenvalue weighted by Gasteiger charge is 2.15. The summed E-state index contributed by atoms with van der Waals surface area (Å²) in [6.07, 6.45) is 0.996. The van der Waals surface area contributed by atoms with Crippen LogP contribution in [0.1, 0.15) is 11.1 Å². The molecule has 0 radical (unpaired) electrons. The molecule has 1 aliphatic rings. The van der Waals surface area contributed by atoms with Gasteiger partial charge in [0.1, 0.15) is 0 Å². The Bertz CT molecular complexity index is 338. The Labute approximate surface area is 101 Å². The van der Waals surface area contributed by atoms with Crippen LogP contribution in [-0.2, 0) is 13.0 Å². The Kier molecular flexibility index (Phi) is 3.74. The van der Waals surface area contributed by atoms with E-state index >= 15 is 0 Å². The summed E-state index contributed by atoms with van der Waals surface area (Å²) >= 11 is 0. The molecule has 1 aliphatic heterocycles. The highest BCUT2D eigenvalue weighted by molar-refractivity contribution is 14.0. The highest BCUT2D eigenvalue weighted by atomic mass is 127. The van der Waals surface area contributed by atoms with Gasteiger partial charge in [-0.05, 0) is 17.5 Å². The number of nitrogens with two attached hydrogens (primary N) is 1. The van der Waals surface area contributed by atoms with Crippen LogP contribution >= 0.6 is 24.0 Å². The zero-order valence-electron chi connectivity index (χ0n) is 7.86. The fourth-order valence-electron chi connectivity index (χ4n) is 1.70. The van der Waals surface area contributed by atoms with Crippen LogP contribution in [0.3, 0.4) is 0 Å². The van der Waals surface area contributed by atoms with Crippen molar-refractivity contribution >= 4 is 29.9 Å². The molecular weight excluding hydrogens is 289 g/mol. The van der Waals surface area contributed by atoms with Gasteiger partial charge >= 0.3 is 0 Å². The van der Waals surface area contributed by atoms with E-state index in [2.05, 4.69) is 18.2 Å². The maximum absolute atomic E-state index is 7.33. The van der Waals surface area contributed by atoms with Crippen molar-refractivity contribution in [1.82, 2.24) is 4.90 Å². The number of nitrogens with one attached hydrogen (secondary N) is 1. The van der Waals surface area contributed by atoms with Gasteiger partial charge in [-0.2, -0.15) is 0 Å². The summed E-state index contributed by atoms with van der Waals surface area (Å²) < 4.78 is 0. The molecule has 1 aromatic carbocycles. The zero-order chi connectivity index (χ0) is 9.26. The first-order valence-corrected chi connectivity index (χ1v) is 4.43. The predicted octanol–water partition coefficient (Wildman–Crippen LogP) is 1.56. The summed E-state index contributed by atoms with van der Waals surface area (Å²) in [5.41, 5.74) is 8.12. The predicted molar refractivity (Wildman–Crippen MR) is 67.9 cm³/mol. The summed E-state index contributed by atoms with van der Waals surface area (Å²) in [6, 6.07) is 8.34. The number of rotatable bonds is 0. The van der Waals surface area contributed by atoms with Crippen LogP contribution in [0.15, 0.2) is 24.3 Å². The van der Waals surface area contributed by atoms with Crippen molar-refractivity contribution in [1.29, 1.82) is 5.41 Å². The van der Waals surface area contributed by atoms with Crippen LogP contribution < -0.4 is 5.73 Å². The van der Waals surface area contributed by atoms with E-state index < -0.39 is 0 Å². The van der Waals surface area contributed by atoms with Gasteiger partial charge in [-0.3, -0.25) is 5.41 Å². The summed E-state index contributed by atoms with van der Waals surface area (Å²) in [4.78, 5) is 1.89. The Morgan fingerprint density at radius 2 is 1.93 bits per heavy atom. The van der Waals surface area contributed by atoms with Crippen molar-refractivity contribution in [3.05, 3.63) is 35.4 Å². The minimum atomic E-state index is 0. The third kappa shape index (κ3) is 2.17. The van der Waals surface area contributed by atoms with Gasteiger partial charge in [0.05, 0.1) is 0 Å². The Morgan fingerprint density at radius 1 is 1.29 bits per heavy atom. The van der Waals surface area contributed by atoms with Crippen molar-refractivity contribution in [2.75, 3.05) is 6.54 Å². The Balaban J connectivity index is 0.000000980. The Hall–Kier alpha value is -0.780. The van der Waals surface area contributed by atoms with Crippen LogP contribution in [0.25, 0.3) is 0 Å². The van der Waals surface area contributed by atoms with Crippen LogP contribution in [0.2, 0.25) is 0 Å². The quantitative estimate of drug-likeness (QED) is 0.434. The molecule has 1 heterocycles. The lowest BCUT2D eigenvalue weighted by molar-refractivity contribution is 0.387. The van der Waals surface area contributed by atoms with E-state index in [9.17, 15) is 0 Å². The molecule has 3 nitrogen and oxygen atoms in total. The third-order valence-electron chi connectivity index (χ3n) is 2.47. The first-order valence-electron chi connectivity index (χ1n) is 4.43. The summed E-state index contributed by atoms with van der Waals surface area (Å²) in [5.74, 6) is 0.175. The van der Waals surface area contributed by atoms with E-state index in [-0.39, 0.29) is 29.9 Å². The number of halogens is 1. The van der Waals surface area contributed by atoms with Crippen molar-refractivity contribution in [2.45, 2.75) is 13.0 Å². The molecule has 0 amide bonds. The molecule has 0 spiro atoms. The van der Waals surface area contributed by atoms with E-state index in [1.165, 1.54) is 11.1 Å². The van der Waals surface area contributed by atoms with E-state index in [1.807, 2.05) is 11.0 Å². The van der Waals surface area contributed by atoms with Crippen molar-refractivity contribution < 1.29 is 0 Å². The molecule has 0 atom stereocenters. The lowest BCUT2D eigenvalue weighted by atomic mass is 10.0. The van der Waals surface area contributed by atoms with E-state index in [0.29, 0.717) is 0 Å². The van der Waals surface area contributed by atoms with Crippen LogP contribution in [0.5, 0.6) is 0 Å². The summed E-state index contributed by atoms with van der Waals surface area (Å²) in [7, 11) is 0. The molecule has 0 unspecified atom stereocenters. The fourth-order valence-corrected chi connectivity index (χ4v) is 1.70. The Morgan fingerprint density at radius 3 is 2.57 bits per heavy atom. The number of nitrogens with zero attached hydrogens (tertiary/aromatic N) is 1. The average Bonchev–Trinajstić information content (AvgIpc) is 2.17. The second-order valence-electron chi connectivity index (χ2n) is 3.33. The van der Waals surface area contributed by atoms with Crippen LogP contribution in [-0.4, -0.2) is 17.4 Å². The van der Waals surface area contributed by atoms with Crippen LogP contribution in [0, 0.1) is 5.41 Å². The number of hydrogen-bond acceptors (Lipinski definition) is 1. The smallest absolute Gasteiger partial charge is 0.188 e. The third-order valence-corrected chi connectivity index (χ3v) is 2.47. The van der Waals surface area contributed by atoms with Crippen molar-refractivity contribution in [3.63, 3.8) is 0 Å². The monoisotopic (exact) mass is 303 g/mol. The molecule has 0 saturated heterocycles. The zero-order valence-corrected chi connectivity index (χ0v) is 10.2. The minimum Gasteiger partial charge on any atom is -0.370 e. The van der Waals surface area contributed by atoms with Gasteiger partial charge in [-0.1, -0.05) is 24.3 Å². The molecule has 0 aromatic heterocycles. The van der Waals surface area contributed by atoms with Gasteiger partial charge < -0.3 is 10.6 Å². The second-order valence-corrected chi connectivity index (χ2v) is 3.33. The number of benzene rings is 1. The van der Waals surface area contributed by atoms with Gasteiger partial charge in [-0.15, -0.1) is 24.0 Å². The number of guanidine groups is 1. The molecule has 0 fully saturated rings. The second kappa shape index (κ2) is 4.63. The van der Waals surface area contributed by atoms with Crippen LogP contribution in [0.4, 0.5) is 0 Å². The molecule has 0 bridgehead atoms. The van der Waals surface area contributed by atoms with E-state index in [0.717, 1.165) is 19.5 Å². The lowest BCUT2D eigenvalue weighted by Gasteiger charge is -2.28. The first-order chi connectivity index (χ1) is 6.27. The van der Waals surface area contributed by atoms with Gasteiger partial charge in [0.2, 0.25) is 0 Å². The number of hydrogen-bond donors (Lipinski definition) is 2. The molecule has 0 aliphatic carbocycles. The molecule has 76 valence electrons. The maximum atomic E-state index is 7.33. The van der Waals surface area contributed by atoms with E-state index in [1.54, 1.807) is 0 Å². The molecule has 0 saturated carbocycles. The van der Waals surface area contributed by atoms with Gasteiger partial charge in [0, 0.05) is 13.1 Å². The minimum absolute atomic E-state index is 0. The lowest BCUT2D eigenvalue weighted by Crippen LogP contribution is -2.39. The first kappa shape index (κ1) is 11.3. The van der Waals surface area contributed by atoms with Crippen molar-refractivity contribution in [3.8, 4) is 0 Å². The summed E-state index contributed by atoms with van der Waals surface area (Å²) in [5, 5.41) is 7.33. The standard InChI is InChI=1S/C10H13N3.HI/c11-10(12)13-6-5-8-3-1-2-4-9(8)7-13;/h1-4H,5-7H2,(H3,11,12);1H. The van der Waals surface area contributed by atoms with E-state index in [4.69, 9.17) is 11.1 Å². The largest absolute Gasteiger partial charge is 0.370 e. The molecule has 2 rings (SSSR count). The van der Waals surface area contributed by atoms with Gasteiger partial charge in [0.15, 0.2) is 5.96 Å². The molecule has 14 heavy (non-hydrogen) atoms. The molecular formula is C10H14IN3. The van der Waals surface area contributed by atoms with Crippen molar-refractivity contribution in [2.24, 2.45) is 5.73 Å².